The summed E-state index contributed by atoms with van der Waals surface area (Å²) in [7, 11) is 1.73. The number of nitrogens with zero attached hydrogens (tertiary/aromatic N) is 4. The molecule has 0 saturated heterocycles. The van der Waals surface area contributed by atoms with Gasteiger partial charge in [-0.2, -0.15) is 4.98 Å². The van der Waals surface area contributed by atoms with E-state index in [0.717, 1.165) is 27.5 Å². The van der Waals surface area contributed by atoms with Gasteiger partial charge in [-0.25, -0.2) is 4.98 Å². The van der Waals surface area contributed by atoms with E-state index < -0.39 is 0 Å². The van der Waals surface area contributed by atoms with Crippen LogP contribution in [0.1, 0.15) is 11.1 Å². The second-order valence-electron chi connectivity index (χ2n) is 7.35. The van der Waals surface area contributed by atoms with Crippen LogP contribution in [-0.4, -0.2) is 19.5 Å². The van der Waals surface area contributed by atoms with Gasteiger partial charge in [0.05, 0.1) is 17.4 Å². The highest BCUT2D eigenvalue weighted by Gasteiger charge is 2.11. The van der Waals surface area contributed by atoms with Crippen LogP contribution < -0.4 is 10.9 Å². The van der Waals surface area contributed by atoms with E-state index in [9.17, 15) is 4.79 Å². The molecule has 0 aliphatic rings. The highest BCUT2D eigenvalue weighted by Crippen LogP contribution is 2.20. The first-order chi connectivity index (χ1) is 15.1. The Morgan fingerprint density at radius 2 is 1.77 bits per heavy atom. The molecule has 0 radical (unpaired) electrons. The number of halogens is 1. The zero-order valence-electron chi connectivity index (χ0n) is 16.7. The second kappa shape index (κ2) is 7.81. The van der Waals surface area contributed by atoms with Gasteiger partial charge in [-0.05, 0) is 35.9 Å². The third kappa shape index (κ3) is 3.85. The summed E-state index contributed by atoms with van der Waals surface area (Å²) >= 11 is 5.96. The predicted octanol–water partition coefficient (Wildman–Crippen LogP) is 4.86. The van der Waals surface area contributed by atoms with Crippen LogP contribution in [0.5, 0.6) is 0 Å². The molecular weight excluding hydrogens is 410 g/mol. The van der Waals surface area contributed by atoms with Crippen molar-refractivity contribution in [2.24, 2.45) is 7.05 Å². The first-order valence-corrected chi connectivity index (χ1v) is 10.2. The number of hydrogen-bond donors (Lipinski definition) is 1. The standard InChI is InChI=1S/C24H18ClN5O/c1-30-22-18(11-17(23(30)31)10-15-6-8-19(25)9-7-15)13-27-24(29-22)28-20-12-16-4-2-3-5-21(16)26-14-20/h2-9,11-14H,10H2,1H3,(H,27,28,29). The van der Waals surface area contributed by atoms with E-state index in [1.54, 1.807) is 24.0 Å². The van der Waals surface area contributed by atoms with Crippen molar-refractivity contribution in [2.75, 3.05) is 5.32 Å². The molecule has 0 amide bonds. The summed E-state index contributed by atoms with van der Waals surface area (Å²) < 4.78 is 1.56. The average Bonchev–Trinajstić information content (AvgIpc) is 2.79. The number of hydrogen-bond acceptors (Lipinski definition) is 5. The molecule has 7 heteroatoms. The van der Waals surface area contributed by atoms with Crippen LogP contribution in [0.3, 0.4) is 0 Å². The lowest BCUT2D eigenvalue weighted by molar-refractivity contribution is 0.863. The molecule has 3 heterocycles. The lowest BCUT2D eigenvalue weighted by Crippen LogP contribution is -2.22. The van der Waals surface area contributed by atoms with Crippen molar-refractivity contribution in [3.05, 3.63) is 99.6 Å². The summed E-state index contributed by atoms with van der Waals surface area (Å²) in [5.74, 6) is 0.407. The largest absolute Gasteiger partial charge is 0.323 e. The minimum atomic E-state index is -0.0838. The second-order valence-corrected chi connectivity index (χ2v) is 7.79. The Morgan fingerprint density at radius 1 is 0.968 bits per heavy atom. The van der Waals surface area contributed by atoms with Crippen molar-refractivity contribution in [2.45, 2.75) is 6.42 Å². The molecule has 152 valence electrons. The molecule has 5 aromatic rings. The molecule has 0 atom stereocenters. The van der Waals surface area contributed by atoms with Crippen LogP contribution in [-0.2, 0) is 13.5 Å². The van der Waals surface area contributed by atoms with Crippen molar-refractivity contribution >= 4 is 45.2 Å². The van der Waals surface area contributed by atoms with Gasteiger partial charge in [0.2, 0.25) is 5.95 Å². The van der Waals surface area contributed by atoms with Crippen molar-refractivity contribution in [1.29, 1.82) is 0 Å². The van der Waals surface area contributed by atoms with Gasteiger partial charge >= 0.3 is 0 Å². The highest BCUT2D eigenvalue weighted by atomic mass is 35.5. The number of pyridine rings is 2. The number of nitrogens with one attached hydrogen (secondary N) is 1. The highest BCUT2D eigenvalue weighted by molar-refractivity contribution is 6.30. The van der Waals surface area contributed by atoms with Crippen LogP contribution in [0.15, 0.2) is 77.9 Å². The maximum absolute atomic E-state index is 12.9. The summed E-state index contributed by atoms with van der Waals surface area (Å²) in [5, 5.41) is 5.67. The van der Waals surface area contributed by atoms with Crippen LogP contribution in [0.25, 0.3) is 21.9 Å². The molecule has 0 aliphatic carbocycles. The van der Waals surface area contributed by atoms with Gasteiger partial charge in [0.15, 0.2) is 0 Å². The van der Waals surface area contributed by atoms with Crippen molar-refractivity contribution in [3.8, 4) is 0 Å². The zero-order chi connectivity index (χ0) is 21.4. The third-order valence-corrected chi connectivity index (χ3v) is 5.43. The SMILES string of the molecule is Cn1c(=O)c(Cc2ccc(Cl)cc2)cc2cnc(Nc3cnc4ccccc4c3)nc21. The summed E-state index contributed by atoms with van der Waals surface area (Å²) in [4.78, 5) is 26.4. The Bertz CT molecular complexity index is 1480. The molecule has 0 fully saturated rings. The Balaban J connectivity index is 1.48. The number of anilines is 2. The number of para-hydroxylation sites is 1. The molecule has 31 heavy (non-hydrogen) atoms. The number of aryl methyl sites for hydroxylation is 1. The van der Waals surface area contributed by atoms with Gasteiger partial charge in [-0.1, -0.05) is 41.9 Å². The summed E-state index contributed by atoms with van der Waals surface area (Å²) in [6.07, 6.45) is 3.98. The molecule has 0 saturated carbocycles. The Hall–Kier alpha value is -3.77. The maximum atomic E-state index is 12.9. The fourth-order valence-corrected chi connectivity index (χ4v) is 3.72. The van der Waals surface area contributed by atoms with E-state index in [1.165, 1.54) is 0 Å². The zero-order valence-corrected chi connectivity index (χ0v) is 17.5. The van der Waals surface area contributed by atoms with Gasteiger partial charge < -0.3 is 5.32 Å². The van der Waals surface area contributed by atoms with Crippen molar-refractivity contribution in [3.63, 3.8) is 0 Å². The summed E-state index contributed by atoms with van der Waals surface area (Å²) in [6.45, 7) is 0. The number of aromatic nitrogens is 4. The number of rotatable bonds is 4. The van der Waals surface area contributed by atoms with E-state index in [-0.39, 0.29) is 5.56 Å². The fraction of sp³-hybridized carbons (Fsp3) is 0.0833. The van der Waals surface area contributed by atoms with Crippen LogP contribution >= 0.6 is 11.6 Å². The molecule has 0 bridgehead atoms. The summed E-state index contributed by atoms with van der Waals surface area (Å²) in [6, 6.07) is 19.2. The first-order valence-electron chi connectivity index (χ1n) is 9.79. The lowest BCUT2D eigenvalue weighted by Gasteiger charge is -2.10. The molecule has 1 N–H and O–H groups in total. The third-order valence-electron chi connectivity index (χ3n) is 5.18. The average molecular weight is 428 g/mol. The lowest BCUT2D eigenvalue weighted by atomic mass is 10.1. The smallest absolute Gasteiger partial charge is 0.255 e. The normalized spacial score (nSPS) is 11.2. The van der Waals surface area contributed by atoms with Gasteiger partial charge in [0, 0.05) is 41.0 Å². The van der Waals surface area contributed by atoms with Crippen LogP contribution in [0.4, 0.5) is 11.6 Å². The fourth-order valence-electron chi connectivity index (χ4n) is 3.59. The molecular formula is C24H18ClN5O. The molecule has 3 aromatic heterocycles. The van der Waals surface area contributed by atoms with E-state index in [1.807, 2.05) is 60.7 Å². The summed E-state index contributed by atoms with van der Waals surface area (Å²) in [5.41, 5.74) is 3.88. The van der Waals surface area contributed by atoms with E-state index in [4.69, 9.17) is 11.6 Å². The minimum Gasteiger partial charge on any atom is -0.323 e. The minimum absolute atomic E-state index is 0.0838. The molecule has 6 nitrogen and oxygen atoms in total. The first kappa shape index (κ1) is 19.2. The molecule has 0 aliphatic heterocycles. The van der Waals surface area contributed by atoms with E-state index >= 15 is 0 Å². The van der Waals surface area contributed by atoms with Gasteiger partial charge in [0.25, 0.3) is 5.56 Å². The Labute approximate surface area is 183 Å². The van der Waals surface area contributed by atoms with Crippen LogP contribution in [0.2, 0.25) is 5.02 Å². The predicted molar refractivity (Wildman–Crippen MR) is 124 cm³/mol. The van der Waals surface area contributed by atoms with E-state index in [2.05, 4.69) is 20.3 Å². The Morgan fingerprint density at radius 3 is 2.61 bits per heavy atom. The Kier molecular flexibility index (Phi) is 4.84. The number of benzene rings is 2. The van der Waals surface area contributed by atoms with Gasteiger partial charge in [-0.3, -0.25) is 14.3 Å². The monoisotopic (exact) mass is 427 g/mol. The quantitative estimate of drug-likeness (QED) is 0.443. The van der Waals surface area contributed by atoms with E-state index in [0.29, 0.717) is 28.6 Å². The topological polar surface area (TPSA) is 72.7 Å². The molecule has 0 spiro atoms. The molecule has 5 rings (SSSR count). The number of fused-ring (bicyclic) bond motifs is 2. The van der Waals surface area contributed by atoms with Gasteiger partial charge in [-0.15, -0.1) is 0 Å². The van der Waals surface area contributed by atoms with Crippen molar-refractivity contribution in [1.82, 2.24) is 19.5 Å². The molecule has 2 aromatic carbocycles. The maximum Gasteiger partial charge on any atom is 0.255 e. The van der Waals surface area contributed by atoms with Crippen LogP contribution in [0, 0.1) is 0 Å². The van der Waals surface area contributed by atoms with Crippen molar-refractivity contribution < 1.29 is 0 Å². The molecule has 0 unspecified atom stereocenters. The van der Waals surface area contributed by atoms with Gasteiger partial charge in [0.1, 0.15) is 5.65 Å².